The molecule has 0 bridgehead atoms. The van der Waals surface area contributed by atoms with E-state index in [-0.39, 0.29) is 0 Å². The molecule has 0 saturated carbocycles. The van der Waals surface area contributed by atoms with Gasteiger partial charge < -0.3 is 20.1 Å². The maximum absolute atomic E-state index is 6.01. The number of rotatable bonds is 8. The summed E-state index contributed by atoms with van der Waals surface area (Å²) in [6.07, 6.45) is 3.40. The van der Waals surface area contributed by atoms with Crippen molar-refractivity contribution in [2.24, 2.45) is 4.99 Å². The first kappa shape index (κ1) is 19.7. The maximum atomic E-state index is 6.01. The summed E-state index contributed by atoms with van der Waals surface area (Å²) >= 11 is 0. The van der Waals surface area contributed by atoms with Gasteiger partial charge >= 0.3 is 0 Å². The van der Waals surface area contributed by atoms with Gasteiger partial charge in [0.2, 0.25) is 0 Å². The van der Waals surface area contributed by atoms with Crippen molar-refractivity contribution in [3.8, 4) is 0 Å². The standard InChI is InChI=1S/C20H33N3O2/c1-4-16(3)23-20(21-5-2)22-14-17-7-6-8-18(13-17)15-25-19-9-11-24-12-10-19/h6-8,13,16,19H,4-5,9-12,14-15H2,1-3H3,(H2,21,22,23). The third kappa shape index (κ3) is 7.45. The van der Waals surface area contributed by atoms with E-state index in [1.165, 1.54) is 11.1 Å². The van der Waals surface area contributed by atoms with E-state index in [4.69, 9.17) is 14.5 Å². The van der Waals surface area contributed by atoms with Gasteiger partial charge in [-0.05, 0) is 44.2 Å². The summed E-state index contributed by atoms with van der Waals surface area (Å²) in [5, 5.41) is 6.73. The van der Waals surface area contributed by atoms with Crippen molar-refractivity contribution < 1.29 is 9.47 Å². The van der Waals surface area contributed by atoms with Crippen molar-refractivity contribution in [3.63, 3.8) is 0 Å². The van der Waals surface area contributed by atoms with Crippen LogP contribution in [-0.4, -0.2) is 37.9 Å². The third-order valence-electron chi connectivity index (χ3n) is 4.40. The number of hydrogen-bond acceptors (Lipinski definition) is 3. The highest BCUT2D eigenvalue weighted by molar-refractivity contribution is 5.80. The molecule has 1 fully saturated rings. The molecule has 1 atom stereocenters. The second-order valence-corrected chi connectivity index (χ2v) is 6.59. The van der Waals surface area contributed by atoms with Crippen molar-refractivity contribution in [1.82, 2.24) is 10.6 Å². The molecule has 1 heterocycles. The lowest BCUT2D eigenvalue weighted by molar-refractivity contribution is -0.0390. The van der Waals surface area contributed by atoms with Crippen LogP contribution in [-0.2, 0) is 22.6 Å². The van der Waals surface area contributed by atoms with Gasteiger partial charge in [-0.2, -0.15) is 0 Å². The molecule has 0 aliphatic carbocycles. The highest BCUT2D eigenvalue weighted by Crippen LogP contribution is 2.14. The lowest BCUT2D eigenvalue weighted by atomic mass is 10.1. The molecule has 1 aromatic rings. The van der Waals surface area contributed by atoms with Crippen LogP contribution in [0.1, 0.15) is 51.2 Å². The molecule has 0 amide bonds. The molecule has 1 saturated heterocycles. The molecule has 5 heteroatoms. The molecule has 0 radical (unpaired) electrons. The Morgan fingerprint density at radius 2 is 2.04 bits per heavy atom. The molecule has 140 valence electrons. The van der Waals surface area contributed by atoms with E-state index >= 15 is 0 Å². The zero-order valence-corrected chi connectivity index (χ0v) is 15.9. The van der Waals surface area contributed by atoms with E-state index in [1.54, 1.807) is 0 Å². The monoisotopic (exact) mass is 347 g/mol. The number of ether oxygens (including phenoxy) is 2. The van der Waals surface area contributed by atoms with E-state index in [0.717, 1.165) is 45.0 Å². The zero-order chi connectivity index (χ0) is 17.9. The van der Waals surface area contributed by atoms with Crippen molar-refractivity contribution in [2.45, 2.75) is 65.3 Å². The normalized spacial score (nSPS) is 17.3. The van der Waals surface area contributed by atoms with Crippen LogP contribution in [0.4, 0.5) is 0 Å². The number of guanidine groups is 1. The Morgan fingerprint density at radius 3 is 2.76 bits per heavy atom. The van der Waals surface area contributed by atoms with Crippen LogP contribution in [0.15, 0.2) is 29.3 Å². The Hall–Kier alpha value is -1.59. The summed E-state index contributed by atoms with van der Waals surface area (Å²) < 4.78 is 11.4. The molecular formula is C20H33N3O2. The highest BCUT2D eigenvalue weighted by atomic mass is 16.5. The molecule has 1 aliphatic rings. The van der Waals surface area contributed by atoms with Crippen LogP contribution < -0.4 is 10.6 Å². The minimum Gasteiger partial charge on any atom is -0.381 e. The summed E-state index contributed by atoms with van der Waals surface area (Å²) in [5.74, 6) is 0.876. The predicted molar refractivity (Wildman–Crippen MR) is 103 cm³/mol. The summed E-state index contributed by atoms with van der Waals surface area (Å²) in [6.45, 7) is 10.2. The molecule has 5 nitrogen and oxygen atoms in total. The topological polar surface area (TPSA) is 54.9 Å². The van der Waals surface area contributed by atoms with Gasteiger partial charge in [0.25, 0.3) is 0 Å². The van der Waals surface area contributed by atoms with Crippen LogP contribution in [0, 0.1) is 0 Å². The minimum absolute atomic E-state index is 0.329. The second-order valence-electron chi connectivity index (χ2n) is 6.59. The number of nitrogens with zero attached hydrogens (tertiary/aromatic N) is 1. The second kappa shape index (κ2) is 11.1. The average molecular weight is 348 g/mol. The first-order valence-corrected chi connectivity index (χ1v) is 9.53. The smallest absolute Gasteiger partial charge is 0.191 e. The summed E-state index contributed by atoms with van der Waals surface area (Å²) in [7, 11) is 0. The molecule has 2 N–H and O–H groups in total. The Balaban J connectivity index is 1.89. The van der Waals surface area contributed by atoms with Crippen LogP contribution in [0.25, 0.3) is 0 Å². The van der Waals surface area contributed by atoms with Gasteiger partial charge in [-0.15, -0.1) is 0 Å². The van der Waals surface area contributed by atoms with Gasteiger partial charge in [0.05, 0.1) is 19.3 Å². The summed E-state index contributed by atoms with van der Waals surface area (Å²) in [5.41, 5.74) is 2.41. The van der Waals surface area contributed by atoms with E-state index in [2.05, 4.69) is 55.7 Å². The highest BCUT2D eigenvalue weighted by Gasteiger charge is 2.14. The molecule has 0 aromatic heterocycles. The SMILES string of the molecule is CCNC(=NCc1cccc(COC2CCOCC2)c1)NC(C)CC. The number of nitrogens with one attached hydrogen (secondary N) is 2. The van der Waals surface area contributed by atoms with Crippen LogP contribution in [0.3, 0.4) is 0 Å². The summed E-state index contributed by atoms with van der Waals surface area (Å²) in [6, 6.07) is 8.93. The largest absolute Gasteiger partial charge is 0.381 e. The van der Waals surface area contributed by atoms with Crippen LogP contribution >= 0.6 is 0 Å². The van der Waals surface area contributed by atoms with E-state index < -0.39 is 0 Å². The van der Waals surface area contributed by atoms with Crippen molar-refractivity contribution >= 4 is 5.96 Å². The zero-order valence-electron chi connectivity index (χ0n) is 15.9. The lowest BCUT2D eigenvalue weighted by Gasteiger charge is -2.22. The molecule has 1 aliphatic heterocycles. The lowest BCUT2D eigenvalue weighted by Crippen LogP contribution is -2.41. The minimum atomic E-state index is 0.329. The van der Waals surface area contributed by atoms with Crippen molar-refractivity contribution in [1.29, 1.82) is 0 Å². The fourth-order valence-electron chi connectivity index (χ4n) is 2.70. The molecule has 1 aromatic carbocycles. The Bertz CT molecular complexity index is 527. The fraction of sp³-hybridized carbons (Fsp3) is 0.650. The van der Waals surface area contributed by atoms with Gasteiger partial charge in [-0.25, -0.2) is 4.99 Å². The Morgan fingerprint density at radius 1 is 1.28 bits per heavy atom. The molecular weight excluding hydrogens is 314 g/mol. The first-order chi connectivity index (χ1) is 12.2. The number of hydrogen-bond donors (Lipinski definition) is 2. The predicted octanol–water partition coefficient (Wildman–Crippen LogP) is 3.24. The number of aliphatic imine (C=N–C) groups is 1. The van der Waals surface area contributed by atoms with E-state index in [1.807, 2.05) is 0 Å². The van der Waals surface area contributed by atoms with Gasteiger partial charge in [-0.1, -0.05) is 31.2 Å². The summed E-state index contributed by atoms with van der Waals surface area (Å²) in [4.78, 5) is 4.70. The Labute approximate surface area is 152 Å². The van der Waals surface area contributed by atoms with Crippen LogP contribution in [0.5, 0.6) is 0 Å². The quantitative estimate of drug-likeness (QED) is 0.560. The van der Waals surface area contributed by atoms with Crippen molar-refractivity contribution in [3.05, 3.63) is 35.4 Å². The Kier molecular flexibility index (Phi) is 8.77. The molecule has 2 rings (SSSR count). The molecule has 25 heavy (non-hydrogen) atoms. The molecule has 0 spiro atoms. The maximum Gasteiger partial charge on any atom is 0.191 e. The van der Waals surface area contributed by atoms with E-state index in [9.17, 15) is 0 Å². The first-order valence-electron chi connectivity index (χ1n) is 9.53. The van der Waals surface area contributed by atoms with Gasteiger partial charge in [-0.3, -0.25) is 0 Å². The van der Waals surface area contributed by atoms with Gasteiger partial charge in [0, 0.05) is 25.8 Å². The fourth-order valence-corrected chi connectivity index (χ4v) is 2.70. The van der Waals surface area contributed by atoms with Gasteiger partial charge in [0.15, 0.2) is 5.96 Å². The van der Waals surface area contributed by atoms with Gasteiger partial charge in [0.1, 0.15) is 0 Å². The van der Waals surface area contributed by atoms with Crippen molar-refractivity contribution in [2.75, 3.05) is 19.8 Å². The third-order valence-corrected chi connectivity index (χ3v) is 4.40. The number of benzene rings is 1. The van der Waals surface area contributed by atoms with E-state index in [0.29, 0.717) is 25.3 Å². The van der Waals surface area contributed by atoms with Crippen LogP contribution in [0.2, 0.25) is 0 Å². The average Bonchev–Trinajstić information content (AvgIpc) is 2.65. The molecule has 1 unspecified atom stereocenters.